The van der Waals surface area contributed by atoms with Gasteiger partial charge in [0.25, 0.3) is 0 Å². The van der Waals surface area contributed by atoms with Crippen LogP contribution in [0.2, 0.25) is 0 Å². The third-order valence-corrected chi connectivity index (χ3v) is 4.56. The molecule has 0 spiro atoms. The van der Waals surface area contributed by atoms with Gasteiger partial charge < -0.3 is 14.5 Å². The minimum absolute atomic E-state index is 0.208. The van der Waals surface area contributed by atoms with E-state index in [1.165, 1.54) is 0 Å². The lowest BCUT2D eigenvalue weighted by atomic mass is 9.78. The third-order valence-electron chi connectivity index (χ3n) is 4.56. The van der Waals surface area contributed by atoms with E-state index in [0.717, 1.165) is 38.9 Å². The number of piperidine rings is 2. The van der Waals surface area contributed by atoms with E-state index in [1.807, 2.05) is 32.7 Å². The molecule has 2 fully saturated rings. The van der Waals surface area contributed by atoms with Crippen LogP contribution in [0.5, 0.6) is 0 Å². The quantitative estimate of drug-likeness (QED) is 0.747. The fourth-order valence-corrected chi connectivity index (χ4v) is 3.25. The highest BCUT2D eigenvalue weighted by Gasteiger charge is 2.33. The molecule has 5 nitrogen and oxygen atoms in total. The number of likely N-dealkylation sites (tertiary alicyclic amines) is 2. The molecule has 0 aromatic heterocycles. The van der Waals surface area contributed by atoms with Gasteiger partial charge in [-0.1, -0.05) is 0 Å². The second-order valence-electron chi connectivity index (χ2n) is 7.37. The molecule has 0 N–H and O–H groups in total. The lowest BCUT2D eigenvalue weighted by Crippen LogP contribution is -2.45. The predicted molar refractivity (Wildman–Crippen MR) is 80.9 cm³/mol. The Bertz CT molecular complexity index is 395. The molecule has 2 rings (SSSR count). The van der Waals surface area contributed by atoms with E-state index in [9.17, 15) is 9.59 Å². The zero-order chi connectivity index (χ0) is 15.6. The van der Waals surface area contributed by atoms with Gasteiger partial charge in [0.2, 0.25) is 5.91 Å². The molecule has 2 amide bonds. The molecule has 0 bridgehead atoms. The van der Waals surface area contributed by atoms with E-state index in [1.54, 1.807) is 4.90 Å². The first-order valence-electron chi connectivity index (χ1n) is 7.98. The molecule has 21 heavy (non-hydrogen) atoms. The maximum atomic E-state index is 12.0. The Hall–Kier alpha value is -1.26. The molecule has 2 aliphatic heterocycles. The van der Waals surface area contributed by atoms with Crippen molar-refractivity contribution in [2.45, 2.75) is 52.1 Å². The monoisotopic (exact) mass is 296 g/mol. The van der Waals surface area contributed by atoms with Crippen molar-refractivity contribution in [3.63, 3.8) is 0 Å². The number of nitrogens with zero attached hydrogens (tertiary/aromatic N) is 2. The Labute approximate surface area is 127 Å². The molecular formula is C16H28N2O3. The first kappa shape index (κ1) is 16.1. The topological polar surface area (TPSA) is 49.9 Å². The van der Waals surface area contributed by atoms with Crippen LogP contribution in [0, 0.1) is 11.8 Å². The summed E-state index contributed by atoms with van der Waals surface area (Å²) in [6, 6.07) is 0. The fraction of sp³-hybridized carbons (Fsp3) is 0.875. The summed E-state index contributed by atoms with van der Waals surface area (Å²) >= 11 is 0. The number of ether oxygens (including phenoxy) is 1. The van der Waals surface area contributed by atoms with Crippen molar-refractivity contribution < 1.29 is 14.3 Å². The minimum Gasteiger partial charge on any atom is -0.444 e. The van der Waals surface area contributed by atoms with Crippen LogP contribution in [0.4, 0.5) is 4.79 Å². The molecule has 0 aliphatic carbocycles. The Morgan fingerprint density at radius 2 is 1.67 bits per heavy atom. The van der Waals surface area contributed by atoms with Crippen molar-refractivity contribution in [1.29, 1.82) is 0 Å². The van der Waals surface area contributed by atoms with Gasteiger partial charge >= 0.3 is 6.09 Å². The van der Waals surface area contributed by atoms with E-state index < -0.39 is 5.60 Å². The summed E-state index contributed by atoms with van der Waals surface area (Å²) in [5, 5.41) is 0. The summed E-state index contributed by atoms with van der Waals surface area (Å²) in [6.07, 6.45) is 3.54. The molecule has 0 aromatic rings. The van der Waals surface area contributed by atoms with E-state index >= 15 is 0 Å². The number of hydrogen-bond acceptors (Lipinski definition) is 3. The van der Waals surface area contributed by atoms with E-state index in [2.05, 4.69) is 0 Å². The van der Waals surface area contributed by atoms with E-state index in [-0.39, 0.29) is 12.0 Å². The van der Waals surface area contributed by atoms with Crippen LogP contribution in [-0.4, -0.2) is 54.1 Å². The van der Waals surface area contributed by atoms with Gasteiger partial charge in [-0.05, 0) is 51.9 Å². The summed E-state index contributed by atoms with van der Waals surface area (Å²) in [5.41, 5.74) is -0.436. The summed E-state index contributed by atoms with van der Waals surface area (Å²) in [7, 11) is 1.88. The van der Waals surface area contributed by atoms with Gasteiger partial charge in [-0.3, -0.25) is 4.79 Å². The molecule has 0 radical (unpaired) electrons. The Kier molecular flexibility index (Phi) is 4.79. The highest BCUT2D eigenvalue weighted by atomic mass is 16.6. The Morgan fingerprint density at radius 1 is 1.10 bits per heavy atom. The van der Waals surface area contributed by atoms with Crippen molar-refractivity contribution >= 4 is 12.0 Å². The van der Waals surface area contributed by atoms with Crippen molar-refractivity contribution in [2.75, 3.05) is 26.7 Å². The fourth-order valence-electron chi connectivity index (χ4n) is 3.25. The van der Waals surface area contributed by atoms with Gasteiger partial charge in [0.15, 0.2) is 0 Å². The SMILES string of the molecule is CN1CCC(C2CCN(C(=O)OC(C)(C)C)CC2)CC1=O. The third kappa shape index (κ3) is 4.35. The van der Waals surface area contributed by atoms with Gasteiger partial charge in [0, 0.05) is 33.1 Å². The lowest BCUT2D eigenvalue weighted by molar-refractivity contribution is -0.134. The minimum atomic E-state index is -0.436. The Balaban J connectivity index is 1.81. The second kappa shape index (κ2) is 6.24. The largest absolute Gasteiger partial charge is 0.444 e. The number of rotatable bonds is 1. The average Bonchev–Trinajstić information content (AvgIpc) is 2.40. The average molecular weight is 296 g/mol. The lowest BCUT2D eigenvalue weighted by Gasteiger charge is -2.39. The van der Waals surface area contributed by atoms with Gasteiger partial charge in [-0.2, -0.15) is 0 Å². The van der Waals surface area contributed by atoms with Crippen molar-refractivity contribution in [1.82, 2.24) is 9.80 Å². The summed E-state index contributed by atoms with van der Waals surface area (Å²) < 4.78 is 5.42. The molecule has 0 aromatic carbocycles. The zero-order valence-corrected chi connectivity index (χ0v) is 13.7. The predicted octanol–water partition coefficient (Wildman–Crippen LogP) is 2.50. The molecule has 0 saturated carbocycles. The van der Waals surface area contributed by atoms with E-state index in [0.29, 0.717) is 18.3 Å². The molecular weight excluding hydrogens is 268 g/mol. The van der Waals surface area contributed by atoms with Crippen LogP contribution in [0.3, 0.4) is 0 Å². The van der Waals surface area contributed by atoms with Crippen LogP contribution in [0.25, 0.3) is 0 Å². The maximum Gasteiger partial charge on any atom is 0.410 e. The number of carbonyl (C=O) groups is 2. The maximum absolute atomic E-state index is 12.0. The molecule has 1 atom stereocenters. The van der Waals surface area contributed by atoms with Gasteiger partial charge in [0.1, 0.15) is 5.60 Å². The van der Waals surface area contributed by atoms with Crippen molar-refractivity contribution in [2.24, 2.45) is 11.8 Å². The van der Waals surface area contributed by atoms with Crippen LogP contribution in [0.1, 0.15) is 46.5 Å². The second-order valence-corrected chi connectivity index (χ2v) is 7.37. The first-order valence-corrected chi connectivity index (χ1v) is 7.98. The highest BCUT2D eigenvalue weighted by molar-refractivity contribution is 5.76. The molecule has 2 saturated heterocycles. The summed E-state index contributed by atoms with van der Waals surface area (Å²) in [4.78, 5) is 27.5. The molecule has 2 heterocycles. The molecule has 120 valence electrons. The number of amides is 2. The standard InChI is InChI=1S/C16H28N2O3/c1-16(2,3)21-15(20)18-9-6-12(7-10-18)13-5-8-17(4)14(19)11-13/h12-13H,5-11H2,1-4H3. The molecule has 5 heteroatoms. The van der Waals surface area contributed by atoms with Crippen molar-refractivity contribution in [3.05, 3.63) is 0 Å². The Morgan fingerprint density at radius 3 is 2.19 bits per heavy atom. The number of hydrogen-bond donors (Lipinski definition) is 0. The van der Waals surface area contributed by atoms with Gasteiger partial charge in [-0.25, -0.2) is 4.79 Å². The zero-order valence-electron chi connectivity index (χ0n) is 13.7. The van der Waals surface area contributed by atoms with Crippen LogP contribution < -0.4 is 0 Å². The van der Waals surface area contributed by atoms with Gasteiger partial charge in [0.05, 0.1) is 0 Å². The molecule has 1 unspecified atom stereocenters. The normalized spacial score (nSPS) is 25.1. The first-order chi connectivity index (χ1) is 9.76. The van der Waals surface area contributed by atoms with Crippen LogP contribution >= 0.6 is 0 Å². The van der Waals surface area contributed by atoms with Gasteiger partial charge in [-0.15, -0.1) is 0 Å². The van der Waals surface area contributed by atoms with Crippen LogP contribution in [0.15, 0.2) is 0 Å². The highest BCUT2D eigenvalue weighted by Crippen LogP contribution is 2.32. The summed E-state index contributed by atoms with van der Waals surface area (Å²) in [6.45, 7) is 8.04. The van der Waals surface area contributed by atoms with Crippen molar-refractivity contribution in [3.8, 4) is 0 Å². The molecule has 2 aliphatic rings. The van der Waals surface area contributed by atoms with E-state index in [4.69, 9.17) is 4.74 Å². The van der Waals surface area contributed by atoms with Crippen LogP contribution in [-0.2, 0) is 9.53 Å². The summed E-state index contributed by atoms with van der Waals surface area (Å²) in [5.74, 6) is 1.33. The smallest absolute Gasteiger partial charge is 0.410 e. The number of carbonyl (C=O) groups excluding carboxylic acids is 2.